The third-order valence-corrected chi connectivity index (χ3v) is 3.67. The van der Waals surface area contributed by atoms with E-state index in [1.165, 1.54) is 18.2 Å². The summed E-state index contributed by atoms with van der Waals surface area (Å²) in [6.07, 6.45) is 1.12. The van der Waals surface area contributed by atoms with Crippen LogP contribution < -0.4 is 0 Å². The van der Waals surface area contributed by atoms with Gasteiger partial charge in [0.05, 0.1) is 10.6 Å². The minimum Gasteiger partial charge on any atom is -0.336 e. The Morgan fingerprint density at radius 3 is 2.58 bits per heavy atom. The van der Waals surface area contributed by atoms with E-state index in [-0.39, 0.29) is 10.9 Å². The van der Waals surface area contributed by atoms with Crippen molar-refractivity contribution in [2.75, 3.05) is 32.7 Å². The van der Waals surface area contributed by atoms with E-state index in [0.29, 0.717) is 18.7 Å². The van der Waals surface area contributed by atoms with Gasteiger partial charge in [-0.15, -0.1) is 0 Å². The highest BCUT2D eigenvalue weighted by atomic mass is 35.5. The van der Waals surface area contributed by atoms with Gasteiger partial charge in [0.15, 0.2) is 0 Å². The maximum atomic E-state index is 13.0. The van der Waals surface area contributed by atoms with Gasteiger partial charge in [-0.1, -0.05) is 18.5 Å². The van der Waals surface area contributed by atoms with E-state index in [2.05, 4.69) is 11.8 Å². The zero-order valence-electron chi connectivity index (χ0n) is 11.0. The van der Waals surface area contributed by atoms with Gasteiger partial charge >= 0.3 is 0 Å². The van der Waals surface area contributed by atoms with Crippen LogP contribution in [0.15, 0.2) is 18.2 Å². The van der Waals surface area contributed by atoms with Gasteiger partial charge in [-0.2, -0.15) is 0 Å². The molecule has 104 valence electrons. The fraction of sp³-hybridized carbons (Fsp3) is 0.500. The van der Waals surface area contributed by atoms with Crippen molar-refractivity contribution in [3.63, 3.8) is 0 Å². The zero-order chi connectivity index (χ0) is 13.8. The Morgan fingerprint density at radius 1 is 1.32 bits per heavy atom. The lowest BCUT2D eigenvalue weighted by atomic mass is 10.1. The Bertz CT molecular complexity index is 459. The second-order valence-corrected chi connectivity index (χ2v) is 5.17. The minimum atomic E-state index is -0.422. The van der Waals surface area contributed by atoms with Crippen LogP contribution in [0.3, 0.4) is 0 Å². The van der Waals surface area contributed by atoms with Gasteiger partial charge in [0.1, 0.15) is 5.82 Å². The van der Waals surface area contributed by atoms with E-state index >= 15 is 0 Å². The number of carbonyl (C=O) groups is 1. The lowest BCUT2D eigenvalue weighted by Gasteiger charge is -2.34. The van der Waals surface area contributed by atoms with Gasteiger partial charge in [-0.25, -0.2) is 4.39 Å². The molecule has 0 aliphatic carbocycles. The van der Waals surface area contributed by atoms with E-state index in [4.69, 9.17) is 11.6 Å². The molecule has 0 atom stereocenters. The quantitative estimate of drug-likeness (QED) is 0.852. The molecule has 0 bridgehead atoms. The molecule has 5 heteroatoms. The Labute approximate surface area is 117 Å². The van der Waals surface area contributed by atoms with Crippen molar-refractivity contribution in [3.05, 3.63) is 34.6 Å². The number of hydrogen-bond acceptors (Lipinski definition) is 2. The van der Waals surface area contributed by atoms with Crippen LogP contribution in [0.5, 0.6) is 0 Å². The molecule has 0 aromatic heterocycles. The molecule has 1 aromatic rings. The number of nitrogens with zero attached hydrogens (tertiary/aromatic N) is 2. The van der Waals surface area contributed by atoms with E-state index in [1.54, 1.807) is 4.90 Å². The van der Waals surface area contributed by atoms with E-state index in [9.17, 15) is 9.18 Å². The summed E-state index contributed by atoms with van der Waals surface area (Å²) < 4.78 is 13.0. The van der Waals surface area contributed by atoms with E-state index < -0.39 is 5.82 Å². The normalized spacial score (nSPS) is 16.7. The molecule has 0 N–H and O–H groups in total. The van der Waals surface area contributed by atoms with Crippen molar-refractivity contribution < 1.29 is 9.18 Å². The second-order valence-electron chi connectivity index (χ2n) is 4.76. The summed E-state index contributed by atoms with van der Waals surface area (Å²) in [4.78, 5) is 16.4. The first kappa shape index (κ1) is 14.3. The third kappa shape index (κ3) is 3.45. The summed E-state index contributed by atoms with van der Waals surface area (Å²) in [6, 6.07) is 3.91. The standard InChI is InChI=1S/C14H18ClFN2O/c1-2-5-17-6-8-18(9-7-17)14(19)12-4-3-11(16)10-13(12)15/h3-4,10H,2,5-9H2,1H3. The van der Waals surface area contributed by atoms with Gasteiger partial charge in [0.25, 0.3) is 5.91 Å². The molecule has 0 unspecified atom stereocenters. The highest BCUT2D eigenvalue weighted by Gasteiger charge is 2.23. The van der Waals surface area contributed by atoms with E-state index in [0.717, 1.165) is 26.1 Å². The van der Waals surface area contributed by atoms with E-state index in [1.807, 2.05) is 0 Å². The fourth-order valence-corrected chi connectivity index (χ4v) is 2.57. The largest absolute Gasteiger partial charge is 0.336 e. The molecule has 1 aliphatic heterocycles. The third-order valence-electron chi connectivity index (χ3n) is 3.36. The van der Waals surface area contributed by atoms with Crippen molar-refractivity contribution in [3.8, 4) is 0 Å². The number of carbonyl (C=O) groups excluding carboxylic acids is 1. The molecule has 0 saturated carbocycles. The predicted octanol–water partition coefficient (Wildman–Crippen LogP) is 2.65. The molecule has 2 rings (SSSR count). The highest BCUT2D eigenvalue weighted by Crippen LogP contribution is 2.19. The SMILES string of the molecule is CCCN1CCN(C(=O)c2ccc(F)cc2Cl)CC1. The molecule has 1 aromatic carbocycles. The fourth-order valence-electron chi connectivity index (χ4n) is 2.32. The number of hydrogen-bond donors (Lipinski definition) is 0. The maximum absolute atomic E-state index is 13.0. The number of piperazine rings is 1. The van der Waals surface area contributed by atoms with Gasteiger partial charge in [-0.3, -0.25) is 9.69 Å². The van der Waals surface area contributed by atoms with Crippen molar-refractivity contribution >= 4 is 17.5 Å². The van der Waals surface area contributed by atoms with Crippen LogP contribution in [0.2, 0.25) is 5.02 Å². The molecule has 0 radical (unpaired) electrons. The number of benzene rings is 1. The first-order valence-electron chi connectivity index (χ1n) is 6.58. The van der Waals surface area contributed by atoms with Crippen LogP contribution in [0.25, 0.3) is 0 Å². The number of amides is 1. The zero-order valence-corrected chi connectivity index (χ0v) is 11.8. The van der Waals surface area contributed by atoms with Crippen molar-refractivity contribution in [2.45, 2.75) is 13.3 Å². The van der Waals surface area contributed by atoms with Gasteiger partial charge < -0.3 is 4.90 Å². The molecule has 0 spiro atoms. The molecular weight excluding hydrogens is 267 g/mol. The number of halogens is 2. The average Bonchev–Trinajstić information content (AvgIpc) is 2.39. The van der Waals surface area contributed by atoms with Gasteiger partial charge in [-0.05, 0) is 31.2 Å². The van der Waals surface area contributed by atoms with Crippen molar-refractivity contribution in [1.29, 1.82) is 0 Å². The highest BCUT2D eigenvalue weighted by molar-refractivity contribution is 6.33. The monoisotopic (exact) mass is 284 g/mol. The summed E-state index contributed by atoms with van der Waals surface area (Å²) in [7, 11) is 0. The lowest BCUT2D eigenvalue weighted by molar-refractivity contribution is 0.0637. The Balaban J connectivity index is 2.01. The summed E-state index contributed by atoms with van der Waals surface area (Å²) in [5.41, 5.74) is 0.381. The van der Waals surface area contributed by atoms with Crippen LogP contribution >= 0.6 is 11.6 Å². The lowest BCUT2D eigenvalue weighted by Crippen LogP contribution is -2.48. The molecule has 1 amide bonds. The topological polar surface area (TPSA) is 23.6 Å². The van der Waals surface area contributed by atoms with Gasteiger partial charge in [0.2, 0.25) is 0 Å². The average molecular weight is 285 g/mol. The molecule has 1 heterocycles. The molecular formula is C14H18ClFN2O. The summed E-state index contributed by atoms with van der Waals surface area (Å²) in [5.74, 6) is -0.532. The molecule has 1 aliphatic rings. The summed E-state index contributed by atoms with van der Waals surface area (Å²) in [6.45, 7) is 6.39. The predicted molar refractivity (Wildman–Crippen MR) is 74.0 cm³/mol. The second kappa shape index (κ2) is 6.35. The minimum absolute atomic E-state index is 0.110. The maximum Gasteiger partial charge on any atom is 0.255 e. The Morgan fingerprint density at radius 2 is 2.00 bits per heavy atom. The summed E-state index contributed by atoms with van der Waals surface area (Å²) >= 11 is 5.92. The van der Waals surface area contributed by atoms with Crippen LogP contribution in [0, 0.1) is 5.82 Å². The molecule has 1 saturated heterocycles. The summed E-state index contributed by atoms with van der Waals surface area (Å²) in [5, 5.41) is 0.181. The Kier molecular flexibility index (Phi) is 4.77. The van der Waals surface area contributed by atoms with Crippen LogP contribution in [-0.4, -0.2) is 48.4 Å². The first-order chi connectivity index (χ1) is 9.11. The van der Waals surface area contributed by atoms with Gasteiger partial charge in [0, 0.05) is 26.2 Å². The number of rotatable bonds is 3. The van der Waals surface area contributed by atoms with Crippen LogP contribution in [0.4, 0.5) is 4.39 Å². The first-order valence-corrected chi connectivity index (χ1v) is 6.96. The molecule has 19 heavy (non-hydrogen) atoms. The van der Waals surface area contributed by atoms with Crippen LogP contribution in [0.1, 0.15) is 23.7 Å². The van der Waals surface area contributed by atoms with Crippen LogP contribution in [-0.2, 0) is 0 Å². The molecule has 1 fully saturated rings. The van der Waals surface area contributed by atoms with Crippen molar-refractivity contribution in [1.82, 2.24) is 9.80 Å². The smallest absolute Gasteiger partial charge is 0.255 e. The Hall–Kier alpha value is -1.13. The molecule has 3 nitrogen and oxygen atoms in total. The van der Waals surface area contributed by atoms with Crippen molar-refractivity contribution in [2.24, 2.45) is 0 Å².